The van der Waals surface area contributed by atoms with E-state index in [4.69, 9.17) is 5.73 Å². The molecule has 3 heteroatoms. The average Bonchev–Trinajstić information content (AvgIpc) is 2.45. The Hall–Kier alpha value is -1.06. The summed E-state index contributed by atoms with van der Waals surface area (Å²) in [5.41, 5.74) is 8.95. The highest BCUT2D eigenvalue weighted by Crippen LogP contribution is 2.34. The minimum absolute atomic E-state index is 0.107. The Balaban J connectivity index is 2.30. The zero-order valence-electron chi connectivity index (χ0n) is 13.4. The SMILES string of the molecule is CCN(c1ccc(C)cc1)C1(CN)CCN(C)C(C)C1. The van der Waals surface area contributed by atoms with Crippen LogP contribution in [0.5, 0.6) is 0 Å². The van der Waals surface area contributed by atoms with Crippen molar-refractivity contribution in [3.8, 4) is 0 Å². The van der Waals surface area contributed by atoms with Gasteiger partial charge in [-0.15, -0.1) is 0 Å². The zero-order chi connectivity index (χ0) is 14.8. The first-order chi connectivity index (χ1) is 9.52. The van der Waals surface area contributed by atoms with Crippen molar-refractivity contribution in [3.63, 3.8) is 0 Å². The molecule has 2 atom stereocenters. The van der Waals surface area contributed by atoms with E-state index in [-0.39, 0.29) is 5.54 Å². The fourth-order valence-corrected chi connectivity index (χ4v) is 3.47. The number of likely N-dealkylation sites (tertiary alicyclic amines) is 1. The molecule has 0 saturated carbocycles. The minimum atomic E-state index is 0.107. The summed E-state index contributed by atoms with van der Waals surface area (Å²) in [7, 11) is 2.22. The number of hydrogen-bond acceptors (Lipinski definition) is 3. The maximum Gasteiger partial charge on any atom is 0.0551 e. The van der Waals surface area contributed by atoms with Crippen LogP contribution in [0.4, 0.5) is 5.69 Å². The molecule has 1 saturated heterocycles. The van der Waals surface area contributed by atoms with E-state index in [1.807, 2.05) is 0 Å². The molecule has 3 nitrogen and oxygen atoms in total. The highest BCUT2D eigenvalue weighted by Gasteiger charge is 2.40. The number of rotatable bonds is 4. The Labute approximate surface area is 123 Å². The molecular weight excluding hydrogens is 246 g/mol. The smallest absolute Gasteiger partial charge is 0.0551 e. The summed E-state index contributed by atoms with van der Waals surface area (Å²) >= 11 is 0. The predicted octanol–water partition coefficient (Wildman–Crippen LogP) is 2.63. The number of likely N-dealkylation sites (N-methyl/N-ethyl adjacent to an activating group) is 1. The maximum absolute atomic E-state index is 6.23. The average molecular weight is 275 g/mol. The van der Waals surface area contributed by atoms with Crippen molar-refractivity contribution in [2.75, 3.05) is 31.6 Å². The molecule has 112 valence electrons. The number of aryl methyl sites for hydroxylation is 1. The molecule has 0 spiro atoms. The molecule has 2 unspecified atom stereocenters. The van der Waals surface area contributed by atoms with Crippen LogP contribution in [0, 0.1) is 6.92 Å². The highest BCUT2D eigenvalue weighted by molar-refractivity contribution is 5.50. The van der Waals surface area contributed by atoms with Crippen LogP contribution >= 0.6 is 0 Å². The number of anilines is 1. The fourth-order valence-electron chi connectivity index (χ4n) is 3.47. The molecule has 0 amide bonds. The van der Waals surface area contributed by atoms with Gasteiger partial charge in [0, 0.05) is 31.4 Å². The number of hydrogen-bond donors (Lipinski definition) is 1. The zero-order valence-corrected chi connectivity index (χ0v) is 13.4. The van der Waals surface area contributed by atoms with Gasteiger partial charge in [0.05, 0.1) is 5.54 Å². The third-order valence-corrected chi connectivity index (χ3v) is 4.97. The summed E-state index contributed by atoms with van der Waals surface area (Å²) in [6.45, 7) is 9.55. The molecule has 0 aromatic heterocycles. The van der Waals surface area contributed by atoms with Crippen molar-refractivity contribution in [2.45, 2.75) is 45.2 Å². The van der Waals surface area contributed by atoms with E-state index >= 15 is 0 Å². The van der Waals surface area contributed by atoms with Gasteiger partial charge in [-0.2, -0.15) is 0 Å². The normalized spacial score (nSPS) is 27.6. The Morgan fingerprint density at radius 2 is 2.00 bits per heavy atom. The first-order valence-corrected chi connectivity index (χ1v) is 7.77. The first-order valence-electron chi connectivity index (χ1n) is 7.77. The highest BCUT2D eigenvalue weighted by atomic mass is 15.2. The van der Waals surface area contributed by atoms with E-state index in [9.17, 15) is 0 Å². The third-order valence-electron chi connectivity index (χ3n) is 4.97. The lowest BCUT2D eigenvalue weighted by atomic mass is 9.81. The molecule has 1 aromatic rings. The van der Waals surface area contributed by atoms with Crippen LogP contribution in [-0.4, -0.2) is 43.2 Å². The first kappa shape index (κ1) is 15.3. The molecular formula is C17H29N3. The minimum Gasteiger partial charge on any atom is -0.365 e. The van der Waals surface area contributed by atoms with Crippen LogP contribution < -0.4 is 10.6 Å². The molecule has 0 bridgehead atoms. The summed E-state index contributed by atoms with van der Waals surface area (Å²) in [5.74, 6) is 0. The number of benzene rings is 1. The van der Waals surface area contributed by atoms with Crippen LogP contribution in [0.1, 0.15) is 32.3 Å². The van der Waals surface area contributed by atoms with E-state index in [0.717, 1.165) is 32.5 Å². The van der Waals surface area contributed by atoms with E-state index in [0.29, 0.717) is 6.04 Å². The summed E-state index contributed by atoms with van der Waals surface area (Å²) in [6, 6.07) is 9.45. The molecule has 1 heterocycles. The van der Waals surface area contributed by atoms with Crippen LogP contribution in [-0.2, 0) is 0 Å². The second kappa shape index (κ2) is 6.15. The van der Waals surface area contributed by atoms with Gasteiger partial charge in [0.15, 0.2) is 0 Å². The topological polar surface area (TPSA) is 32.5 Å². The Morgan fingerprint density at radius 3 is 2.50 bits per heavy atom. The van der Waals surface area contributed by atoms with Gasteiger partial charge in [0.1, 0.15) is 0 Å². The van der Waals surface area contributed by atoms with Gasteiger partial charge in [0.2, 0.25) is 0 Å². The van der Waals surface area contributed by atoms with E-state index in [2.05, 4.69) is 61.9 Å². The summed E-state index contributed by atoms with van der Waals surface area (Å²) < 4.78 is 0. The lowest BCUT2D eigenvalue weighted by Crippen LogP contribution is -2.61. The summed E-state index contributed by atoms with van der Waals surface area (Å²) in [4.78, 5) is 4.97. The standard InChI is InChI=1S/C17H29N3/c1-5-20(16-8-6-14(2)7-9-16)17(13-18)10-11-19(4)15(3)12-17/h6-9,15H,5,10-13,18H2,1-4H3. The molecule has 1 fully saturated rings. The molecule has 1 aromatic carbocycles. The van der Waals surface area contributed by atoms with Gasteiger partial charge in [-0.05, 0) is 52.8 Å². The second-order valence-corrected chi connectivity index (χ2v) is 6.29. The van der Waals surface area contributed by atoms with Gasteiger partial charge in [-0.1, -0.05) is 17.7 Å². The van der Waals surface area contributed by atoms with E-state index < -0.39 is 0 Å². The van der Waals surface area contributed by atoms with Gasteiger partial charge in [-0.3, -0.25) is 0 Å². The lowest BCUT2D eigenvalue weighted by Gasteiger charge is -2.51. The Morgan fingerprint density at radius 1 is 1.35 bits per heavy atom. The van der Waals surface area contributed by atoms with Gasteiger partial charge in [-0.25, -0.2) is 0 Å². The van der Waals surface area contributed by atoms with Gasteiger partial charge >= 0.3 is 0 Å². The van der Waals surface area contributed by atoms with Crippen molar-refractivity contribution in [1.82, 2.24) is 4.90 Å². The van der Waals surface area contributed by atoms with Crippen molar-refractivity contribution in [2.24, 2.45) is 5.73 Å². The van der Waals surface area contributed by atoms with Crippen molar-refractivity contribution in [1.29, 1.82) is 0 Å². The molecule has 0 radical (unpaired) electrons. The largest absolute Gasteiger partial charge is 0.365 e. The molecule has 2 N–H and O–H groups in total. The Kier molecular flexibility index (Phi) is 4.71. The number of piperidine rings is 1. The van der Waals surface area contributed by atoms with E-state index in [1.54, 1.807) is 0 Å². The molecule has 2 rings (SSSR count). The molecule has 1 aliphatic rings. The van der Waals surface area contributed by atoms with Crippen LogP contribution in [0.2, 0.25) is 0 Å². The maximum atomic E-state index is 6.23. The van der Waals surface area contributed by atoms with Crippen molar-refractivity contribution in [3.05, 3.63) is 29.8 Å². The van der Waals surface area contributed by atoms with Gasteiger partial charge < -0.3 is 15.5 Å². The van der Waals surface area contributed by atoms with Crippen molar-refractivity contribution >= 4 is 5.69 Å². The fraction of sp³-hybridized carbons (Fsp3) is 0.647. The van der Waals surface area contributed by atoms with Gasteiger partial charge in [0.25, 0.3) is 0 Å². The molecule has 20 heavy (non-hydrogen) atoms. The lowest BCUT2D eigenvalue weighted by molar-refractivity contribution is 0.130. The summed E-state index contributed by atoms with van der Waals surface area (Å²) in [6.07, 6.45) is 2.29. The third kappa shape index (κ3) is 2.84. The summed E-state index contributed by atoms with van der Waals surface area (Å²) in [5, 5.41) is 0. The second-order valence-electron chi connectivity index (χ2n) is 6.29. The quantitative estimate of drug-likeness (QED) is 0.917. The monoisotopic (exact) mass is 275 g/mol. The van der Waals surface area contributed by atoms with E-state index in [1.165, 1.54) is 11.3 Å². The van der Waals surface area contributed by atoms with Crippen LogP contribution in [0.25, 0.3) is 0 Å². The van der Waals surface area contributed by atoms with Crippen LogP contribution in [0.15, 0.2) is 24.3 Å². The number of nitrogens with two attached hydrogens (primary N) is 1. The number of nitrogens with zero attached hydrogens (tertiary/aromatic N) is 2. The molecule has 1 aliphatic heterocycles. The predicted molar refractivity (Wildman–Crippen MR) is 87.3 cm³/mol. The van der Waals surface area contributed by atoms with Crippen molar-refractivity contribution < 1.29 is 0 Å². The molecule has 0 aliphatic carbocycles. The van der Waals surface area contributed by atoms with Crippen LogP contribution in [0.3, 0.4) is 0 Å². The Bertz CT molecular complexity index is 428.